The summed E-state index contributed by atoms with van der Waals surface area (Å²) in [4.78, 5) is 22.5. The fourth-order valence-electron chi connectivity index (χ4n) is 3.33. The highest BCUT2D eigenvalue weighted by Gasteiger charge is 2.16. The Labute approximate surface area is 182 Å². The Morgan fingerprint density at radius 3 is 2.83 bits per heavy atom. The van der Waals surface area contributed by atoms with Crippen LogP contribution in [0.3, 0.4) is 0 Å². The third kappa shape index (κ3) is 3.95. The Balaban J connectivity index is 1.76. The molecule has 0 radical (unpaired) electrons. The smallest absolute Gasteiger partial charge is 0.262 e. The minimum absolute atomic E-state index is 0.137. The molecule has 0 unspecified atom stereocenters. The molecule has 30 heavy (non-hydrogen) atoms. The van der Waals surface area contributed by atoms with E-state index in [1.807, 2.05) is 19.9 Å². The van der Waals surface area contributed by atoms with Gasteiger partial charge in [-0.25, -0.2) is 4.98 Å². The highest BCUT2D eigenvalue weighted by molar-refractivity contribution is 7.98. The van der Waals surface area contributed by atoms with Crippen LogP contribution >= 0.6 is 23.4 Å². The first-order valence-corrected chi connectivity index (χ1v) is 10.7. The van der Waals surface area contributed by atoms with E-state index in [4.69, 9.17) is 25.7 Å². The van der Waals surface area contributed by atoms with Crippen molar-refractivity contribution >= 4 is 34.3 Å². The summed E-state index contributed by atoms with van der Waals surface area (Å²) in [5.74, 6) is 2.05. The minimum Gasteiger partial charge on any atom is -0.496 e. The standard InChI is InChI=1S/C22H20ClN3O3S/c1-13-10-24-19(14(2)20(13)28-3)12-30-22-25-18-9-15(23)6-7-17(18)21(27)26(22)11-16-5-4-8-29-16/h4-10H,11-12H2,1-3H3. The predicted molar refractivity (Wildman–Crippen MR) is 119 cm³/mol. The molecule has 0 amide bonds. The highest BCUT2D eigenvalue weighted by atomic mass is 35.5. The SMILES string of the molecule is COc1c(C)cnc(CSc2nc3cc(Cl)ccc3c(=O)n2Cc2ccco2)c1C. The maximum atomic E-state index is 13.2. The average Bonchev–Trinajstić information content (AvgIpc) is 3.23. The molecule has 4 aromatic rings. The number of hydrogen-bond acceptors (Lipinski definition) is 6. The van der Waals surface area contributed by atoms with Gasteiger partial charge in [-0.1, -0.05) is 23.4 Å². The van der Waals surface area contributed by atoms with Gasteiger partial charge in [0.1, 0.15) is 11.5 Å². The van der Waals surface area contributed by atoms with Crippen LogP contribution < -0.4 is 10.3 Å². The summed E-state index contributed by atoms with van der Waals surface area (Å²) in [6.45, 7) is 4.24. The van der Waals surface area contributed by atoms with E-state index in [0.717, 1.165) is 22.6 Å². The van der Waals surface area contributed by atoms with E-state index in [0.29, 0.717) is 39.1 Å². The number of nitrogens with zero attached hydrogens (tertiary/aromatic N) is 3. The van der Waals surface area contributed by atoms with Crippen LogP contribution in [0.5, 0.6) is 5.75 Å². The van der Waals surface area contributed by atoms with Crippen molar-refractivity contribution in [2.45, 2.75) is 31.3 Å². The van der Waals surface area contributed by atoms with Crippen molar-refractivity contribution in [1.29, 1.82) is 0 Å². The summed E-state index contributed by atoms with van der Waals surface area (Å²) >= 11 is 7.57. The molecule has 0 spiro atoms. The number of ether oxygens (including phenoxy) is 1. The number of benzene rings is 1. The third-order valence-electron chi connectivity index (χ3n) is 4.86. The van der Waals surface area contributed by atoms with Gasteiger partial charge in [0, 0.05) is 28.1 Å². The Morgan fingerprint density at radius 2 is 2.10 bits per heavy atom. The fourth-order valence-corrected chi connectivity index (χ4v) is 4.52. The molecule has 6 nitrogen and oxygen atoms in total. The predicted octanol–water partition coefficient (Wildman–Crippen LogP) is 5.00. The number of methoxy groups -OCH3 is 1. The summed E-state index contributed by atoms with van der Waals surface area (Å²) in [5, 5.41) is 1.63. The molecule has 0 bridgehead atoms. The molecule has 0 atom stereocenters. The van der Waals surface area contributed by atoms with Gasteiger partial charge in [-0.15, -0.1) is 0 Å². The molecule has 0 aliphatic carbocycles. The second-order valence-corrected chi connectivity index (χ2v) is 8.24. The molecule has 3 heterocycles. The van der Waals surface area contributed by atoms with Crippen LogP contribution in [0.1, 0.15) is 22.6 Å². The Kier molecular flexibility index (Phi) is 5.83. The molecule has 3 aromatic heterocycles. The van der Waals surface area contributed by atoms with Gasteiger partial charge in [-0.05, 0) is 44.2 Å². The van der Waals surface area contributed by atoms with E-state index in [-0.39, 0.29) is 5.56 Å². The van der Waals surface area contributed by atoms with Gasteiger partial charge in [-0.2, -0.15) is 0 Å². The van der Waals surface area contributed by atoms with Crippen LogP contribution in [-0.4, -0.2) is 21.6 Å². The summed E-state index contributed by atoms with van der Waals surface area (Å²) in [5.41, 5.74) is 3.27. The topological polar surface area (TPSA) is 70.2 Å². The fraction of sp³-hybridized carbons (Fsp3) is 0.227. The van der Waals surface area contributed by atoms with Crippen LogP contribution in [0.25, 0.3) is 10.9 Å². The van der Waals surface area contributed by atoms with E-state index < -0.39 is 0 Å². The first-order valence-electron chi connectivity index (χ1n) is 9.32. The molecule has 0 saturated carbocycles. The molecular weight excluding hydrogens is 422 g/mol. The molecule has 0 fully saturated rings. The minimum atomic E-state index is -0.137. The molecule has 0 aliphatic rings. The maximum absolute atomic E-state index is 13.2. The Hall–Kier alpha value is -2.77. The van der Waals surface area contributed by atoms with E-state index in [1.54, 1.807) is 48.4 Å². The zero-order valence-electron chi connectivity index (χ0n) is 16.8. The zero-order chi connectivity index (χ0) is 21.3. The van der Waals surface area contributed by atoms with Crippen LogP contribution in [0.2, 0.25) is 5.02 Å². The number of hydrogen-bond donors (Lipinski definition) is 0. The van der Waals surface area contributed by atoms with Crippen molar-refractivity contribution in [2.75, 3.05) is 7.11 Å². The molecule has 0 N–H and O–H groups in total. The van der Waals surface area contributed by atoms with E-state index in [1.165, 1.54) is 11.8 Å². The van der Waals surface area contributed by atoms with Gasteiger partial charge in [0.25, 0.3) is 5.56 Å². The van der Waals surface area contributed by atoms with Crippen molar-refractivity contribution in [1.82, 2.24) is 14.5 Å². The van der Waals surface area contributed by atoms with E-state index in [9.17, 15) is 4.79 Å². The molecular formula is C22H20ClN3O3S. The van der Waals surface area contributed by atoms with Gasteiger partial charge in [0.2, 0.25) is 0 Å². The van der Waals surface area contributed by atoms with Crippen molar-refractivity contribution < 1.29 is 9.15 Å². The largest absolute Gasteiger partial charge is 0.496 e. The quantitative estimate of drug-likeness (QED) is 0.309. The van der Waals surface area contributed by atoms with E-state index in [2.05, 4.69) is 4.98 Å². The second-order valence-electron chi connectivity index (χ2n) is 6.86. The third-order valence-corrected chi connectivity index (χ3v) is 6.09. The maximum Gasteiger partial charge on any atom is 0.262 e. The first kappa shape index (κ1) is 20.5. The molecule has 8 heteroatoms. The molecule has 154 valence electrons. The van der Waals surface area contributed by atoms with E-state index >= 15 is 0 Å². The number of thioether (sulfide) groups is 1. The lowest BCUT2D eigenvalue weighted by molar-refractivity contribution is 0.407. The Morgan fingerprint density at radius 1 is 1.27 bits per heavy atom. The monoisotopic (exact) mass is 441 g/mol. The van der Waals surface area contributed by atoms with Crippen molar-refractivity contribution in [2.24, 2.45) is 0 Å². The summed E-state index contributed by atoms with van der Waals surface area (Å²) in [7, 11) is 1.65. The number of furan rings is 1. The summed E-state index contributed by atoms with van der Waals surface area (Å²) in [6, 6.07) is 8.74. The lowest BCUT2D eigenvalue weighted by Crippen LogP contribution is -2.23. The molecule has 0 aliphatic heterocycles. The molecule has 0 saturated heterocycles. The van der Waals surface area contributed by atoms with Gasteiger partial charge in [0.15, 0.2) is 5.16 Å². The lowest BCUT2D eigenvalue weighted by atomic mass is 10.1. The summed E-state index contributed by atoms with van der Waals surface area (Å²) < 4.78 is 12.6. The van der Waals surface area contributed by atoms with Crippen LogP contribution in [-0.2, 0) is 12.3 Å². The molecule has 1 aromatic carbocycles. The Bertz CT molecular complexity index is 1270. The number of aryl methyl sites for hydroxylation is 1. The van der Waals surface area contributed by atoms with Crippen LogP contribution in [0.15, 0.2) is 57.2 Å². The number of pyridine rings is 1. The van der Waals surface area contributed by atoms with Gasteiger partial charge >= 0.3 is 0 Å². The van der Waals surface area contributed by atoms with Gasteiger partial charge in [0.05, 0.1) is 36.5 Å². The number of fused-ring (bicyclic) bond motifs is 1. The first-order chi connectivity index (χ1) is 14.5. The number of rotatable bonds is 6. The molecule has 4 rings (SSSR count). The highest BCUT2D eigenvalue weighted by Crippen LogP contribution is 2.29. The van der Waals surface area contributed by atoms with Crippen molar-refractivity contribution in [3.63, 3.8) is 0 Å². The summed E-state index contributed by atoms with van der Waals surface area (Å²) in [6.07, 6.45) is 3.39. The number of aromatic nitrogens is 3. The average molecular weight is 442 g/mol. The van der Waals surface area contributed by atoms with Crippen molar-refractivity contribution in [3.05, 3.63) is 80.7 Å². The van der Waals surface area contributed by atoms with Gasteiger partial charge in [-0.3, -0.25) is 14.3 Å². The zero-order valence-corrected chi connectivity index (χ0v) is 18.4. The van der Waals surface area contributed by atoms with Crippen LogP contribution in [0.4, 0.5) is 0 Å². The normalized spacial score (nSPS) is 11.2. The van der Waals surface area contributed by atoms with Gasteiger partial charge < -0.3 is 9.15 Å². The number of halogens is 1. The second kappa shape index (κ2) is 8.53. The van der Waals surface area contributed by atoms with Crippen molar-refractivity contribution in [3.8, 4) is 5.75 Å². The van der Waals surface area contributed by atoms with Crippen LogP contribution in [0, 0.1) is 13.8 Å². The lowest BCUT2D eigenvalue weighted by Gasteiger charge is -2.14.